The van der Waals surface area contributed by atoms with Crippen LogP contribution in [0.3, 0.4) is 0 Å². The van der Waals surface area contributed by atoms with Crippen LogP contribution in [0, 0.1) is 0 Å². The average molecular weight is 388 g/mol. The largest absolute Gasteiger partial charge is 0.347 e. The van der Waals surface area contributed by atoms with Gasteiger partial charge in [-0.25, -0.2) is 0 Å². The summed E-state index contributed by atoms with van der Waals surface area (Å²) in [5, 5.41) is 3.47. The summed E-state index contributed by atoms with van der Waals surface area (Å²) in [5.41, 5.74) is 2.17. The molecule has 1 amide bonds. The van der Waals surface area contributed by atoms with Crippen molar-refractivity contribution in [2.45, 2.75) is 20.0 Å². The minimum absolute atomic E-state index is 0.0726. The highest BCUT2D eigenvalue weighted by Gasteiger charge is 2.15. The van der Waals surface area contributed by atoms with Crippen LogP contribution < -0.4 is 10.9 Å². The second-order valence-corrected chi connectivity index (χ2v) is 6.52. The molecule has 2 heterocycles. The summed E-state index contributed by atoms with van der Waals surface area (Å²) in [5.74, 6) is -0.198. The summed E-state index contributed by atoms with van der Waals surface area (Å²) >= 11 is 3.42. The van der Waals surface area contributed by atoms with Gasteiger partial charge in [0.25, 0.3) is 11.5 Å². The fraction of sp³-hybridized carbons (Fsp3) is 0.222. The van der Waals surface area contributed by atoms with E-state index in [0.29, 0.717) is 24.2 Å². The van der Waals surface area contributed by atoms with E-state index >= 15 is 0 Å². The Labute approximate surface area is 148 Å². The summed E-state index contributed by atoms with van der Waals surface area (Å²) in [4.78, 5) is 24.9. The zero-order valence-electron chi connectivity index (χ0n) is 13.5. The summed E-state index contributed by atoms with van der Waals surface area (Å²) < 4.78 is 4.36. The van der Waals surface area contributed by atoms with Crippen molar-refractivity contribution < 1.29 is 4.79 Å². The molecule has 0 atom stereocenters. The van der Waals surface area contributed by atoms with Crippen LogP contribution in [0.15, 0.2) is 51.9 Å². The number of nitrogens with one attached hydrogen (secondary N) is 1. The molecule has 24 heavy (non-hydrogen) atoms. The Morgan fingerprint density at radius 3 is 2.75 bits per heavy atom. The van der Waals surface area contributed by atoms with E-state index in [4.69, 9.17) is 0 Å². The lowest BCUT2D eigenvalue weighted by atomic mass is 10.2. The van der Waals surface area contributed by atoms with E-state index in [1.54, 1.807) is 28.4 Å². The van der Waals surface area contributed by atoms with Gasteiger partial charge >= 0.3 is 0 Å². The molecule has 6 heteroatoms. The molecule has 0 aliphatic carbocycles. The Balaban J connectivity index is 1.88. The van der Waals surface area contributed by atoms with Gasteiger partial charge in [0.1, 0.15) is 5.69 Å². The first-order chi connectivity index (χ1) is 11.5. The molecule has 0 saturated carbocycles. The molecule has 3 aromatic rings. The quantitative estimate of drug-likeness (QED) is 0.747. The van der Waals surface area contributed by atoms with Crippen molar-refractivity contribution in [3.63, 3.8) is 0 Å². The first-order valence-corrected chi connectivity index (χ1v) is 8.52. The number of carbonyl (C=O) groups is 1. The maximum Gasteiger partial charge on any atom is 0.268 e. The molecule has 5 nitrogen and oxygen atoms in total. The van der Waals surface area contributed by atoms with Crippen molar-refractivity contribution in [3.05, 3.63) is 68.7 Å². The number of nitrogens with zero attached hydrogens (tertiary/aromatic N) is 2. The van der Waals surface area contributed by atoms with Crippen LogP contribution in [0.5, 0.6) is 0 Å². The molecule has 0 unspecified atom stereocenters. The molecular formula is C18H18BrN3O2. The number of fused-ring (bicyclic) bond motifs is 1. The van der Waals surface area contributed by atoms with Gasteiger partial charge in [-0.3, -0.25) is 9.59 Å². The average Bonchev–Trinajstić information content (AvgIpc) is 2.91. The monoisotopic (exact) mass is 387 g/mol. The van der Waals surface area contributed by atoms with Crippen LogP contribution >= 0.6 is 15.9 Å². The van der Waals surface area contributed by atoms with E-state index in [2.05, 4.69) is 21.2 Å². The number of rotatable bonds is 4. The predicted molar refractivity (Wildman–Crippen MR) is 98.2 cm³/mol. The molecule has 0 aliphatic rings. The fourth-order valence-corrected chi connectivity index (χ4v) is 3.21. The Hall–Kier alpha value is -2.34. The van der Waals surface area contributed by atoms with Crippen LogP contribution in [-0.4, -0.2) is 15.0 Å². The van der Waals surface area contributed by atoms with E-state index < -0.39 is 0 Å². The molecule has 3 rings (SSSR count). The molecule has 0 fully saturated rings. The molecule has 1 aromatic carbocycles. The first-order valence-electron chi connectivity index (χ1n) is 7.72. The second kappa shape index (κ2) is 6.65. The van der Waals surface area contributed by atoms with Gasteiger partial charge in [-0.05, 0) is 36.8 Å². The molecule has 0 saturated heterocycles. The molecular weight excluding hydrogens is 370 g/mol. The van der Waals surface area contributed by atoms with Gasteiger partial charge in [-0.2, -0.15) is 0 Å². The van der Waals surface area contributed by atoms with Crippen LogP contribution in [0.2, 0.25) is 0 Å². The minimum atomic E-state index is -0.198. The lowest BCUT2D eigenvalue weighted by molar-refractivity contribution is 0.0943. The Bertz CT molecular complexity index is 972. The molecule has 0 spiro atoms. The molecule has 124 valence electrons. The van der Waals surface area contributed by atoms with Crippen molar-refractivity contribution in [3.8, 4) is 0 Å². The Morgan fingerprint density at radius 1 is 1.25 bits per heavy atom. The highest BCUT2D eigenvalue weighted by Crippen LogP contribution is 2.16. The standard InChI is InChI=1S/C18H18BrN3O2/c1-3-22-8-7-15-14(18(22)24)10-16(21(15)2)17(23)20-11-12-5-4-6-13(19)9-12/h4-10H,3,11H2,1-2H3,(H,20,23). The SMILES string of the molecule is CCn1ccc2c(cc(C(=O)NCc3cccc(Br)c3)n2C)c1=O. The normalized spacial score (nSPS) is 11.0. The maximum absolute atomic E-state index is 12.5. The summed E-state index contributed by atoms with van der Waals surface area (Å²) in [7, 11) is 1.80. The Kier molecular flexibility index (Phi) is 4.57. The van der Waals surface area contributed by atoms with Crippen molar-refractivity contribution in [2.75, 3.05) is 0 Å². The minimum Gasteiger partial charge on any atom is -0.347 e. The van der Waals surface area contributed by atoms with Crippen molar-refractivity contribution in [1.82, 2.24) is 14.5 Å². The molecule has 0 radical (unpaired) electrons. The van der Waals surface area contributed by atoms with Crippen LogP contribution in [0.1, 0.15) is 23.0 Å². The van der Waals surface area contributed by atoms with Gasteiger partial charge in [-0.15, -0.1) is 0 Å². The van der Waals surface area contributed by atoms with E-state index in [0.717, 1.165) is 15.6 Å². The zero-order chi connectivity index (χ0) is 17.3. The Morgan fingerprint density at radius 2 is 2.04 bits per heavy atom. The van der Waals surface area contributed by atoms with E-state index in [1.165, 1.54) is 0 Å². The van der Waals surface area contributed by atoms with Gasteiger partial charge in [0.05, 0.1) is 10.9 Å². The van der Waals surface area contributed by atoms with Crippen molar-refractivity contribution >= 4 is 32.7 Å². The number of pyridine rings is 1. The molecule has 0 aliphatic heterocycles. The number of hydrogen-bond acceptors (Lipinski definition) is 2. The molecule has 1 N–H and O–H groups in total. The van der Waals surface area contributed by atoms with Gasteiger partial charge in [0.2, 0.25) is 0 Å². The summed E-state index contributed by atoms with van der Waals surface area (Å²) in [6, 6.07) is 11.3. The smallest absolute Gasteiger partial charge is 0.268 e. The third-order valence-electron chi connectivity index (χ3n) is 4.10. The van der Waals surface area contributed by atoms with E-state index in [-0.39, 0.29) is 11.5 Å². The fourth-order valence-electron chi connectivity index (χ4n) is 2.76. The number of hydrogen-bond donors (Lipinski definition) is 1. The first kappa shape index (κ1) is 16.5. The van der Waals surface area contributed by atoms with Crippen molar-refractivity contribution in [2.24, 2.45) is 7.05 Å². The van der Waals surface area contributed by atoms with Gasteiger partial charge in [-0.1, -0.05) is 28.1 Å². The van der Waals surface area contributed by atoms with Gasteiger partial charge < -0.3 is 14.5 Å². The topological polar surface area (TPSA) is 56.0 Å². The van der Waals surface area contributed by atoms with Gasteiger partial charge in [0.15, 0.2) is 0 Å². The lowest BCUT2D eigenvalue weighted by Gasteiger charge is -2.07. The lowest BCUT2D eigenvalue weighted by Crippen LogP contribution is -2.24. The molecule has 0 bridgehead atoms. The van der Waals surface area contributed by atoms with Gasteiger partial charge in [0, 0.05) is 30.8 Å². The molecule has 2 aromatic heterocycles. The van der Waals surface area contributed by atoms with Crippen LogP contribution in [-0.2, 0) is 20.1 Å². The number of amides is 1. The zero-order valence-corrected chi connectivity index (χ0v) is 15.1. The third-order valence-corrected chi connectivity index (χ3v) is 4.59. The third kappa shape index (κ3) is 3.01. The summed E-state index contributed by atoms with van der Waals surface area (Å²) in [6.45, 7) is 2.95. The van der Waals surface area contributed by atoms with Crippen molar-refractivity contribution in [1.29, 1.82) is 0 Å². The highest BCUT2D eigenvalue weighted by atomic mass is 79.9. The van der Waals surface area contributed by atoms with E-state index in [9.17, 15) is 9.59 Å². The van der Waals surface area contributed by atoms with Crippen LogP contribution in [0.4, 0.5) is 0 Å². The van der Waals surface area contributed by atoms with E-state index in [1.807, 2.05) is 37.3 Å². The number of aromatic nitrogens is 2. The second-order valence-electron chi connectivity index (χ2n) is 5.61. The number of benzene rings is 1. The number of halogens is 1. The van der Waals surface area contributed by atoms with Crippen LogP contribution in [0.25, 0.3) is 10.9 Å². The number of aryl methyl sites for hydroxylation is 2. The highest BCUT2D eigenvalue weighted by molar-refractivity contribution is 9.10. The number of carbonyl (C=O) groups excluding carboxylic acids is 1. The maximum atomic E-state index is 12.5. The summed E-state index contributed by atoms with van der Waals surface area (Å²) in [6.07, 6.45) is 1.76. The predicted octanol–water partition coefficient (Wildman–Crippen LogP) is 3.05.